The average Bonchev–Trinajstić information content (AvgIpc) is 2.62. The lowest BCUT2D eigenvalue weighted by Crippen LogP contribution is -2.11. The van der Waals surface area contributed by atoms with Crippen LogP contribution in [-0.4, -0.2) is 18.4 Å². The summed E-state index contributed by atoms with van der Waals surface area (Å²) in [4.78, 5) is 11.4. The van der Waals surface area contributed by atoms with Gasteiger partial charge in [0.1, 0.15) is 18.1 Å². The first kappa shape index (κ1) is 19.7. The van der Waals surface area contributed by atoms with Crippen LogP contribution in [0.1, 0.15) is 34.2 Å². The van der Waals surface area contributed by atoms with E-state index in [2.05, 4.69) is 4.74 Å². The number of halogens is 2. The van der Waals surface area contributed by atoms with Crippen molar-refractivity contribution in [2.75, 3.05) is 7.11 Å². The third-order valence-electron chi connectivity index (χ3n) is 3.99. The molecule has 26 heavy (non-hydrogen) atoms. The quantitative estimate of drug-likeness (QED) is 0.604. The molecule has 140 valence electrons. The molecule has 1 N–H and O–H groups in total. The Kier molecular flexibility index (Phi) is 6.52. The van der Waals surface area contributed by atoms with E-state index in [1.807, 2.05) is 0 Å². The monoisotopic (exact) mass is 366 g/mol. The number of aliphatic hydroxyl groups excluding tert-OH is 1. The molecule has 0 saturated carbocycles. The molecule has 0 aliphatic rings. The van der Waals surface area contributed by atoms with Gasteiger partial charge in [0.25, 0.3) is 6.43 Å². The highest BCUT2D eigenvalue weighted by atomic mass is 19.3. The molecule has 0 atom stereocenters. The number of carbonyl (C=O) groups is 1. The predicted molar refractivity (Wildman–Crippen MR) is 90.6 cm³/mol. The molecule has 0 radical (unpaired) electrons. The van der Waals surface area contributed by atoms with Crippen molar-refractivity contribution in [3.63, 3.8) is 0 Å². The first-order valence-electron chi connectivity index (χ1n) is 7.86. The van der Waals surface area contributed by atoms with E-state index in [1.165, 1.54) is 19.2 Å². The second kappa shape index (κ2) is 8.62. The van der Waals surface area contributed by atoms with Gasteiger partial charge in [0.2, 0.25) is 0 Å². The van der Waals surface area contributed by atoms with Crippen molar-refractivity contribution in [3.8, 4) is 11.5 Å². The van der Waals surface area contributed by atoms with Gasteiger partial charge in [-0.1, -0.05) is 12.1 Å². The largest absolute Gasteiger partial charge is 0.513 e. The van der Waals surface area contributed by atoms with Crippen LogP contribution in [0.5, 0.6) is 11.5 Å². The van der Waals surface area contributed by atoms with Crippen molar-refractivity contribution >= 4 is 6.16 Å². The van der Waals surface area contributed by atoms with Crippen LogP contribution in [0, 0.1) is 13.8 Å². The lowest BCUT2D eigenvalue weighted by atomic mass is 10.0. The second-order valence-corrected chi connectivity index (χ2v) is 5.67. The van der Waals surface area contributed by atoms with E-state index in [4.69, 9.17) is 9.47 Å². The molecule has 7 heteroatoms. The fourth-order valence-electron chi connectivity index (χ4n) is 2.41. The Labute approximate surface area is 150 Å². The fraction of sp³-hybridized carbons (Fsp3) is 0.316. The average molecular weight is 366 g/mol. The molecule has 2 rings (SSSR count). The van der Waals surface area contributed by atoms with Gasteiger partial charge in [-0.25, -0.2) is 13.6 Å². The maximum absolute atomic E-state index is 13.3. The number of aryl methyl sites for hydroxylation is 2. The molecule has 0 fully saturated rings. The Morgan fingerprint density at radius 3 is 2.46 bits per heavy atom. The predicted octanol–water partition coefficient (Wildman–Crippen LogP) is 4.46. The number of benzene rings is 2. The van der Waals surface area contributed by atoms with Gasteiger partial charge in [-0.2, -0.15) is 0 Å². The molecule has 0 unspecified atom stereocenters. The number of methoxy groups -OCH3 is 1. The van der Waals surface area contributed by atoms with Crippen molar-refractivity contribution < 1.29 is 32.9 Å². The molecule has 0 aromatic heterocycles. The third-order valence-corrected chi connectivity index (χ3v) is 3.99. The number of aliphatic hydroxyl groups is 1. The Morgan fingerprint density at radius 1 is 1.15 bits per heavy atom. The van der Waals surface area contributed by atoms with Crippen molar-refractivity contribution in [2.45, 2.75) is 33.5 Å². The molecule has 0 heterocycles. The van der Waals surface area contributed by atoms with Gasteiger partial charge in [0, 0.05) is 5.56 Å². The van der Waals surface area contributed by atoms with E-state index in [0.717, 1.165) is 11.1 Å². The van der Waals surface area contributed by atoms with Crippen LogP contribution in [0.2, 0.25) is 0 Å². The van der Waals surface area contributed by atoms with Crippen LogP contribution in [-0.2, 0) is 18.0 Å². The standard InChI is InChI=1S/C19H20F2O5/c1-11-7-14(18(20)21)17(8-12(11)2)25-10-15-13(9-22)5-4-6-16(15)26-19(23)24-3/h4-8,18,22H,9-10H2,1-3H3. The highest BCUT2D eigenvalue weighted by Gasteiger charge is 2.18. The smallest absolute Gasteiger partial charge is 0.488 e. The van der Waals surface area contributed by atoms with Crippen LogP contribution in [0.15, 0.2) is 30.3 Å². The fourth-order valence-corrected chi connectivity index (χ4v) is 2.41. The number of hydrogen-bond acceptors (Lipinski definition) is 5. The number of alkyl halides is 2. The molecule has 0 aliphatic heterocycles. The van der Waals surface area contributed by atoms with E-state index in [-0.39, 0.29) is 30.3 Å². The van der Waals surface area contributed by atoms with Crippen LogP contribution >= 0.6 is 0 Å². The first-order chi connectivity index (χ1) is 12.4. The van der Waals surface area contributed by atoms with Crippen molar-refractivity contribution in [3.05, 3.63) is 58.1 Å². The lowest BCUT2D eigenvalue weighted by Gasteiger charge is -2.17. The molecule has 0 amide bonds. The van der Waals surface area contributed by atoms with Gasteiger partial charge < -0.3 is 19.3 Å². The minimum Gasteiger partial charge on any atom is -0.488 e. The molecule has 0 spiro atoms. The highest BCUT2D eigenvalue weighted by molar-refractivity contribution is 5.64. The van der Waals surface area contributed by atoms with E-state index in [9.17, 15) is 18.7 Å². The molecular formula is C19H20F2O5. The minimum absolute atomic E-state index is 0.0415. The summed E-state index contributed by atoms with van der Waals surface area (Å²) in [5, 5.41) is 9.51. The van der Waals surface area contributed by atoms with E-state index >= 15 is 0 Å². The van der Waals surface area contributed by atoms with E-state index < -0.39 is 12.6 Å². The molecular weight excluding hydrogens is 346 g/mol. The summed E-state index contributed by atoms with van der Waals surface area (Å²) in [6, 6.07) is 7.65. The van der Waals surface area contributed by atoms with Gasteiger partial charge in [-0.3, -0.25) is 0 Å². The Morgan fingerprint density at radius 2 is 1.85 bits per heavy atom. The van der Waals surface area contributed by atoms with Crippen molar-refractivity contribution in [1.82, 2.24) is 0 Å². The van der Waals surface area contributed by atoms with Gasteiger partial charge in [0.05, 0.1) is 19.3 Å². The zero-order chi connectivity index (χ0) is 19.3. The van der Waals surface area contributed by atoms with Gasteiger partial charge >= 0.3 is 6.16 Å². The summed E-state index contributed by atoms with van der Waals surface area (Å²) in [6.07, 6.45) is -3.62. The number of rotatable bonds is 6. The molecule has 2 aromatic rings. The van der Waals surface area contributed by atoms with Gasteiger partial charge in [-0.05, 0) is 48.7 Å². The summed E-state index contributed by atoms with van der Waals surface area (Å²) < 4.78 is 41.7. The molecule has 0 aliphatic carbocycles. The topological polar surface area (TPSA) is 65.0 Å². The summed E-state index contributed by atoms with van der Waals surface area (Å²) in [7, 11) is 1.17. The van der Waals surface area contributed by atoms with Crippen LogP contribution in [0.4, 0.5) is 13.6 Å². The maximum atomic E-state index is 13.3. The van der Waals surface area contributed by atoms with E-state index in [0.29, 0.717) is 11.1 Å². The molecule has 0 bridgehead atoms. The number of carbonyl (C=O) groups excluding carboxylic acids is 1. The van der Waals surface area contributed by atoms with Crippen LogP contribution in [0.25, 0.3) is 0 Å². The first-order valence-corrected chi connectivity index (χ1v) is 7.86. The van der Waals surface area contributed by atoms with Crippen LogP contribution < -0.4 is 9.47 Å². The van der Waals surface area contributed by atoms with Gasteiger partial charge in [0.15, 0.2) is 0 Å². The zero-order valence-electron chi connectivity index (χ0n) is 14.7. The second-order valence-electron chi connectivity index (χ2n) is 5.67. The number of ether oxygens (including phenoxy) is 3. The lowest BCUT2D eigenvalue weighted by molar-refractivity contribution is 0.120. The number of hydrogen-bond donors (Lipinski definition) is 1. The molecule has 5 nitrogen and oxygen atoms in total. The molecule has 2 aromatic carbocycles. The van der Waals surface area contributed by atoms with Gasteiger partial charge in [-0.15, -0.1) is 0 Å². The maximum Gasteiger partial charge on any atom is 0.513 e. The van der Waals surface area contributed by atoms with Crippen molar-refractivity contribution in [1.29, 1.82) is 0 Å². The summed E-state index contributed by atoms with van der Waals surface area (Å²) in [5.74, 6) is 0.172. The third kappa shape index (κ3) is 4.49. The Balaban J connectivity index is 2.35. The summed E-state index contributed by atoms with van der Waals surface area (Å²) in [6.45, 7) is 3.05. The van der Waals surface area contributed by atoms with Crippen molar-refractivity contribution in [2.24, 2.45) is 0 Å². The normalized spacial score (nSPS) is 10.7. The summed E-state index contributed by atoms with van der Waals surface area (Å²) in [5.41, 5.74) is 2.15. The van der Waals surface area contributed by atoms with Crippen LogP contribution in [0.3, 0.4) is 0 Å². The Bertz CT molecular complexity index is 790. The summed E-state index contributed by atoms with van der Waals surface area (Å²) >= 11 is 0. The SMILES string of the molecule is COC(=O)Oc1cccc(CO)c1COc1cc(C)c(C)cc1C(F)F. The zero-order valence-corrected chi connectivity index (χ0v) is 14.7. The van der Waals surface area contributed by atoms with E-state index in [1.54, 1.807) is 32.0 Å². The highest BCUT2D eigenvalue weighted by Crippen LogP contribution is 2.33. The minimum atomic E-state index is -2.69. The molecule has 0 saturated heterocycles. The Hall–Kier alpha value is -2.67.